The quantitative estimate of drug-likeness (QED) is 0.585. The molecule has 2 N–H and O–H groups in total. The van der Waals surface area contributed by atoms with Gasteiger partial charge in [-0.15, -0.1) is 0 Å². The molecule has 3 heterocycles. The number of rotatable bonds is 5. The van der Waals surface area contributed by atoms with Crippen molar-refractivity contribution < 1.29 is 23.9 Å². The van der Waals surface area contributed by atoms with E-state index in [-0.39, 0.29) is 31.3 Å². The van der Waals surface area contributed by atoms with E-state index in [9.17, 15) is 28.7 Å². The molecule has 1 atom stereocenters. The molecule has 194 valence electrons. The fraction of sp³-hybridized carbons (Fsp3) is 0.560. The minimum atomic E-state index is -1.06. The van der Waals surface area contributed by atoms with E-state index < -0.39 is 46.4 Å². The number of carbonyl (C=O) groups excluding carboxylic acids is 3. The second-order valence-electron chi connectivity index (χ2n) is 9.84. The summed E-state index contributed by atoms with van der Waals surface area (Å²) < 4.78 is 14.7. The fourth-order valence-corrected chi connectivity index (χ4v) is 5.42. The highest BCUT2D eigenvalue weighted by molar-refractivity contribution is 6.34. The first-order valence-electron chi connectivity index (χ1n) is 12.3. The van der Waals surface area contributed by atoms with Crippen molar-refractivity contribution in [2.24, 2.45) is 5.92 Å². The van der Waals surface area contributed by atoms with E-state index in [1.807, 2.05) is 0 Å². The van der Waals surface area contributed by atoms with Crippen LogP contribution in [0.2, 0.25) is 0 Å². The molecule has 1 unspecified atom stereocenters. The van der Waals surface area contributed by atoms with Gasteiger partial charge < -0.3 is 20.2 Å². The molecule has 2 aliphatic carbocycles. The summed E-state index contributed by atoms with van der Waals surface area (Å²) in [4.78, 5) is 59.3. The fourth-order valence-electron chi connectivity index (χ4n) is 5.42. The number of hydrogen-bond donors (Lipinski definition) is 2. The highest BCUT2D eigenvalue weighted by Gasteiger charge is 2.51. The van der Waals surface area contributed by atoms with Gasteiger partial charge in [-0.3, -0.25) is 23.7 Å². The van der Waals surface area contributed by atoms with E-state index in [1.165, 1.54) is 34.5 Å². The average Bonchev–Trinajstić information content (AvgIpc) is 3.12. The summed E-state index contributed by atoms with van der Waals surface area (Å²) in [5, 5.41) is 13.3. The third-order valence-electron chi connectivity index (χ3n) is 7.39. The van der Waals surface area contributed by atoms with E-state index in [1.54, 1.807) is 19.1 Å². The number of nitrogens with zero attached hydrogens (tertiary/aromatic N) is 4. The summed E-state index contributed by atoms with van der Waals surface area (Å²) >= 11 is 0. The maximum Gasteiger partial charge on any atom is 0.312 e. The maximum atomic E-state index is 13.3. The summed E-state index contributed by atoms with van der Waals surface area (Å²) in [6.07, 6.45) is 6.19. The topological polar surface area (TPSA) is 125 Å². The first-order chi connectivity index (χ1) is 17.1. The molecule has 10 nitrogen and oxygen atoms in total. The molecule has 4 aliphatic rings. The van der Waals surface area contributed by atoms with Crippen molar-refractivity contribution in [1.29, 1.82) is 0 Å². The third-order valence-corrected chi connectivity index (χ3v) is 7.39. The molecule has 2 aliphatic heterocycles. The SMILES string of the molecule is CCN(C(=O)C(=O)N(C)C)C12CCC(CC1)Cn1c2nc(C(=O)NCC2=CCC(F)C=C2)c(O)c1=O. The van der Waals surface area contributed by atoms with Crippen LogP contribution in [0.1, 0.15) is 55.3 Å². The molecule has 1 fully saturated rings. The molecule has 5 rings (SSSR count). The lowest BCUT2D eigenvalue weighted by atomic mass is 9.76. The Bertz CT molecular complexity index is 1200. The van der Waals surface area contributed by atoms with Gasteiger partial charge in [0.05, 0.1) is 0 Å². The van der Waals surface area contributed by atoms with Gasteiger partial charge in [-0.2, -0.15) is 0 Å². The van der Waals surface area contributed by atoms with Crippen LogP contribution in [0.15, 0.2) is 28.6 Å². The number of hydrogen-bond acceptors (Lipinski definition) is 6. The second kappa shape index (κ2) is 9.87. The number of alkyl halides is 1. The standard InChI is InChI=1S/C25H32FN5O5/c1-4-31(23(36)22(35)29(2)3)25-11-9-16(10-12-25)14-30-21(34)19(32)18(28-24(25)30)20(33)27-13-15-5-7-17(26)8-6-15/h5-7,16-17,32H,4,8-14H2,1-3H3,(H,27,33). The third kappa shape index (κ3) is 4.42. The Labute approximate surface area is 208 Å². The van der Waals surface area contributed by atoms with Crippen molar-refractivity contribution >= 4 is 17.7 Å². The molecular weight excluding hydrogens is 469 g/mol. The smallest absolute Gasteiger partial charge is 0.312 e. The van der Waals surface area contributed by atoms with Crippen LogP contribution < -0.4 is 10.9 Å². The molecule has 2 bridgehead atoms. The van der Waals surface area contributed by atoms with Crippen LogP contribution >= 0.6 is 0 Å². The Hall–Kier alpha value is -3.50. The highest BCUT2D eigenvalue weighted by Crippen LogP contribution is 2.47. The Morgan fingerprint density at radius 2 is 1.94 bits per heavy atom. The van der Waals surface area contributed by atoms with Crippen LogP contribution in [0.5, 0.6) is 5.75 Å². The Kier molecular flexibility index (Phi) is 7.01. The van der Waals surface area contributed by atoms with Crippen molar-refractivity contribution in [3.8, 4) is 5.75 Å². The van der Waals surface area contributed by atoms with Crippen molar-refractivity contribution in [3.63, 3.8) is 0 Å². The van der Waals surface area contributed by atoms with Gasteiger partial charge in [0.25, 0.3) is 11.5 Å². The monoisotopic (exact) mass is 501 g/mol. The van der Waals surface area contributed by atoms with E-state index in [4.69, 9.17) is 0 Å². The zero-order valence-electron chi connectivity index (χ0n) is 20.8. The van der Waals surface area contributed by atoms with Gasteiger partial charge in [0.15, 0.2) is 5.69 Å². The summed E-state index contributed by atoms with van der Waals surface area (Å²) in [7, 11) is 3.00. The molecule has 11 heteroatoms. The average molecular weight is 502 g/mol. The number of amides is 3. The summed E-state index contributed by atoms with van der Waals surface area (Å²) in [6.45, 7) is 2.35. The number of aromatic nitrogens is 2. The molecule has 1 aromatic rings. The van der Waals surface area contributed by atoms with Crippen LogP contribution in [0.3, 0.4) is 0 Å². The number of carbonyl (C=O) groups is 3. The van der Waals surface area contributed by atoms with Gasteiger partial charge in [-0.25, -0.2) is 9.37 Å². The Balaban J connectivity index is 1.75. The van der Waals surface area contributed by atoms with Gasteiger partial charge in [-0.05, 0) is 44.1 Å². The zero-order chi connectivity index (χ0) is 26.2. The van der Waals surface area contributed by atoms with E-state index in [0.717, 1.165) is 0 Å². The van der Waals surface area contributed by atoms with Crippen molar-refractivity contribution in [3.05, 3.63) is 45.7 Å². The summed E-state index contributed by atoms with van der Waals surface area (Å²) in [5.41, 5.74) is -1.54. The predicted molar refractivity (Wildman–Crippen MR) is 129 cm³/mol. The number of allylic oxidation sites excluding steroid dienone is 2. The number of fused-ring (bicyclic) bond motifs is 2. The zero-order valence-corrected chi connectivity index (χ0v) is 20.8. The normalized spacial score (nSPS) is 24.4. The first kappa shape index (κ1) is 25.6. The molecular formula is C25H32FN5O5. The van der Waals surface area contributed by atoms with E-state index in [0.29, 0.717) is 37.8 Å². The van der Waals surface area contributed by atoms with Gasteiger partial charge in [0.2, 0.25) is 5.75 Å². The van der Waals surface area contributed by atoms with E-state index >= 15 is 0 Å². The Morgan fingerprint density at radius 3 is 2.53 bits per heavy atom. The van der Waals surface area contributed by atoms with E-state index in [2.05, 4.69) is 10.3 Å². The highest BCUT2D eigenvalue weighted by atomic mass is 19.1. The maximum absolute atomic E-state index is 13.3. The van der Waals surface area contributed by atoms with Gasteiger partial charge in [-0.1, -0.05) is 18.2 Å². The molecule has 0 aromatic carbocycles. The molecule has 0 saturated heterocycles. The number of likely N-dealkylation sites (N-methyl/N-ethyl adjacent to an activating group) is 2. The minimum Gasteiger partial charge on any atom is -0.501 e. The van der Waals surface area contributed by atoms with Crippen LogP contribution in [0.4, 0.5) is 4.39 Å². The molecule has 0 radical (unpaired) electrons. The number of halogens is 1. The second-order valence-corrected chi connectivity index (χ2v) is 9.84. The van der Waals surface area contributed by atoms with Gasteiger partial charge in [0.1, 0.15) is 17.5 Å². The first-order valence-corrected chi connectivity index (χ1v) is 12.3. The summed E-state index contributed by atoms with van der Waals surface area (Å²) in [5.74, 6) is -2.53. The summed E-state index contributed by atoms with van der Waals surface area (Å²) in [6, 6.07) is 0. The predicted octanol–water partition coefficient (Wildman–Crippen LogP) is 1.24. The number of aromatic hydroxyl groups is 1. The lowest BCUT2D eigenvalue weighted by Crippen LogP contribution is -2.56. The largest absolute Gasteiger partial charge is 0.501 e. The molecule has 36 heavy (non-hydrogen) atoms. The molecule has 3 amide bonds. The molecule has 1 aromatic heterocycles. The van der Waals surface area contributed by atoms with Crippen molar-refractivity contribution in [1.82, 2.24) is 24.7 Å². The van der Waals surface area contributed by atoms with Gasteiger partial charge in [0, 0.05) is 40.2 Å². The van der Waals surface area contributed by atoms with Crippen molar-refractivity contribution in [2.45, 2.75) is 57.3 Å². The van der Waals surface area contributed by atoms with Gasteiger partial charge >= 0.3 is 11.8 Å². The lowest BCUT2D eigenvalue weighted by molar-refractivity contribution is -0.156. The van der Waals surface area contributed by atoms with Crippen LogP contribution in [0, 0.1) is 5.92 Å². The van der Waals surface area contributed by atoms with Crippen LogP contribution in [0.25, 0.3) is 0 Å². The van der Waals surface area contributed by atoms with Crippen molar-refractivity contribution in [2.75, 3.05) is 27.2 Å². The molecule has 1 saturated carbocycles. The molecule has 0 spiro atoms. The Morgan fingerprint density at radius 1 is 1.25 bits per heavy atom. The van der Waals surface area contributed by atoms with Crippen LogP contribution in [-0.4, -0.2) is 75.5 Å². The van der Waals surface area contributed by atoms with Crippen LogP contribution in [-0.2, 0) is 21.7 Å². The number of nitrogens with one attached hydrogen (secondary N) is 1. The lowest BCUT2D eigenvalue weighted by Gasteiger charge is -2.45. The minimum absolute atomic E-state index is 0.0751.